The molecule has 0 bridgehead atoms. The number of aryl methyl sites for hydroxylation is 1. The van der Waals surface area contributed by atoms with Gasteiger partial charge in [0, 0.05) is 29.4 Å². The highest BCUT2D eigenvalue weighted by Gasteiger charge is 2.53. The molecule has 1 fully saturated rings. The molecule has 5 rings (SSSR count). The second kappa shape index (κ2) is 16.0. The van der Waals surface area contributed by atoms with Crippen LogP contribution in [0.5, 0.6) is 0 Å². The van der Waals surface area contributed by atoms with E-state index in [-0.39, 0.29) is 41.0 Å². The Morgan fingerprint density at radius 2 is 2.06 bits per heavy atom. The van der Waals surface area contributed by atoms with Gasteiger partial charge in [0.1, 0.15) is 30.1 Å². The number of carboxylic acid groups (broad SMARTS) is 1. The minimum Gasteiger partial charge on any atom is -0.543 e. The van der Waals surface area contributed by atoms with E-state index >= 15 is 0 Å². The van der Waals surface area contributed by atoms with E-state index in [4.69, 9.17) is 28.1 Å². The van der Waals surface area contributed by atoms with E-state index in [1.165, 1.54) is 16.7 Å². The molecule has 3 aromatic heterocycles. The summed E-state index contributed by atoms with van der Waals surface area (Å²) in [4.78, 5) is 53.2. The Balaban J connectivity index is 0.000000930. The number of aliphatic carboxylic acids is 1. The number of imidazole rings is 1. The highest BCUT2D eigenvalue weighted by Crippen LogP contribution is 2.40. The number of pyridine rings is 1. The molecule has 2 aliphatic heterocycles. The smallest absolute Gasteiger partial charge is 0.394 e. The first-order valence-electron chi connectivity index (χ1n) is 13.5. The lowest BCUT2D eigenvalue weighted by Crippen LogP contribution is -2.71. The topological polar surface area (TPSA) is 303 Å². The normalized spacial score (nSPS) is 17.7. The Hall–Kier alpha value is -4.26. The van der Waals surface area contributed by atoms with Crippen LogP contribution in [0.15, 0.2) is 41.1 Å². The van der Waals surface area contributed by atoms with Crippen LogP contribution in [-0.4, -0.2) is 108 Å². The third kappa shape index (κ3) is 8.97. The Morgan fingerprint density at radius 3 is 2.68 bits per heavy atom. The summed E-state index contributed by atoms with van der Waals surface area (Å²) in [5.74, 6) is -2.51. The van der Waals surface area contributed by atoms with Gasteiger partial charge in [-0.15, -0.1) is 11.8 Å². The maximum atomic E-state index is 13.2. The van der Waals surface area contributed by atoms with Gasteiger partial charge in [-0.1, -0.05) is 5.16 Å². The number of amides is 2. The fourth-order valence-corrected chi connectivity index (χ4v) is 6.44. The van der Waals surface area contributed by atoms with Crippen molar-refractivity contribution in [1.82, 2.24) is 34.4 Å². The maximum absolute atomic E-state index is 13.2. The number of β-lactam (4-membered cyclic amide) rings is 1. The number of nitrogens with one attached hydrogen (secondary N) is 2. The number of nitrogen functional groups attached to an aromatic ring is 1. The number of hydrogen-bond acceptors (Lipinski definition) is 15. The molecule has 256 valence electrons. The Morgan fingerprint density at radius 1 is 1.34 bits per heavy atom. The Labute approximate surface area is 275 Å². The molecule has 0 saturated carbocycles. The highest BCUT2D eigenvalue weighted by atomic mass is 32.3. The van der Waals surface area contributed by atoms with Gasteiger partial charge in [-0.05, 0) is 44.1 Å². The SMILES string of the molecule is CCO/N=C(\C(=O)N[C@@H]1C(=O)N2C(C(=O)[O-])=C(C[n+]3cccc4c3ncn4CCCNC)CS[C@H]12)c1nsc(N)n1.O.O=S(=O)(O)O. The average molecular weight is 717 g/mol. The molecule has 0 aromatic carbocycles. The molecule has 47 heavy (non-hydrogen) atoms. The van der Waals surface area contributed by atoms with Crippen LogP contribution >= 0.6 is 23.3 Å². The van der Waals surface area contributed by atoms with Crippen molar-refractivity contribution < 1.29 is 51.9 Å². The molecule has 0 spiro atoms. The van der Waals surface area contributed by atoms with Crippen molar-refractivity contribution >= 4 is 73.5 Å². The monoisotopic (exact) mass is 716 g/mol. The van der Waals surface area contributed by atoms with Gasteiger partial charge < -0.3 is 41.1 Å². The third-order valence-electron chi connectivity index (χ3n) is 6.52. The fourth-order valence-electron chi connectivity index (χ4n) is 4.67. The lowest BCUT2D eigenvalue weighted by atomic mass is 10.0. The quantitative estimate of drug-likeness (QED) is 0.0307. The molecule has 0 radical (unpaired) electrons. The number of oxime groups is 1. The fraction of sp³-hybridized carbons (Fsp3) is 0.417. The molecule has 2 aliphatic rings. The summed E-state index contributed by atoms with van der Waals surface area (Å²) >= 11 is 2.23. The first-order valence-corrected chi connectivity index (χ1v) is 16.7. The van der Waals surface area contributed by atoms with E-state index in [2.05, 4.69) is 30.1 Å². The number of carbonyl (C=O) groups is 3. The zero-order chi connectivity index (χ0) is 33.6. The van der Waals surface area contributed by atoms with E-state index in [0.717, 1.165) is 36.6 Å². The van der Waals surface area contributed by atoms with Gasteiger partial charge in [-0.3, -0.25) is 23.6 Å². The predicted molar refractivity (Wildman–Crippen MR) is 166 cm³/mol. The predicted octanol–water partition coefficient (Wildman–Crippen LogP) is -3.27. The van der Waals surface area contributed by atoms with Crippen molar-refractivity contribution in [1.29, 1.82) is 0 Å². The van der Waals surface area contributed by atoms with Crippen LogP contribution in [0.4, 0.5) is 5.13 Å². The maximum Gasteiger partial charge on any atom is 0.394 e. The molecule has 2 amide bonds. The van der Waals surface area contributed by atoms with Crippen LogP contribution in [0, 0.1) is 0 Å². The minimum atomic E-state index is -4.67. The number of carbonyl (C=O) groups excluding carboxylic acids is 3. The number of rotatable bonds is 12. The van der Waals surface area contributed by atoms with Crippen LogP contribution in [0.2, 0.25) is 0 Å². The molecule has 23 heteroatoms. The van der Waals surface area contributed by atoms with Gasteiger partial charge in [-0.2, -0.15) is 17.8 Å². The van der Waals surface area contributed by atoms with Gasteiger partial charge in [0.2, 0.25) is 17.9 Å². The molecule has 2 atom stereocenters. The Bertz CT molecular complexity index is 1780. The van der Waals surface area contributed by atoms with Crippen LogP contribution in [0.25, 0.3) is 11.2 Å². The van der Waals surface area contributed by atoms with E-state index < -0.39 is 39.6 Å². The summed E-state index contributed by atoms with van der Waals surface area (Å²) in [6.45, 7) is 3.74. The number of thioether (sulfide) groups is 1. The molecule has 20 nitrogen and oxygen atoms in total. The van der Waals surface area contributed by atoms with Gasteiger partial charge in [0.05, 0.1) is 17.9 Å². The second-order valence-electron chi connectivity index (χ2n) is 9.60. The van der Waals surface area contributed by atoms with Crippen molar-refractivity contribution in [3.8, 4) is 0 Å². The van der Waals surface area contributed by atoms with E-state index in [1.54, 1.807) is 13.3 Å². The first-order chi connectivity index (χ1) is 21.8. The standard InChI is InChI=1S/C24H28N10O5S2.H2O4S.H2O/c1-3-39-30-15(18-29-24(25)41-31-18)20(35)28-16-21(36)34-17(23(37)38)13(11-40-22(16)34)10-32-8-4-6-14-19(32)27-12-33(14)9-5-7-26-2;1-5(2,3)4;/h4,6,8,12,16,22,26H,3,5,7,9-11H2,1-2H3,(H3-,25,28,29,31,35,37,38);(H2,1,2,3,4);1H2/b30-15-;;/t16-,22-;;/m1../s1. The number of aromatic nitrogens is 5. The third-order valence-corrected chi connectivity index (χ3v) is 8.40. The lowest BCUT2D eigenvalue weighted by Gasteiger charge is -2.50. The van der Waals surface area contributed by atoms with Crippen molar-refractivity contribution in [2.24, 2.45) is 5.16 Å². The summed E-state index contributed by atoms with van der Waals surface area (Å²) in [5, 5.41) is 21.3. The van der Waals surface area contributed by atoms with Gasteiger partial charge in [0.15, 0.2) is 5.13 Å². The van der Waals surface area contributed by atoms with Gasteiger partial charge >= 0.3 is 16.0 Å². The molecule has 8 N–H and O–H groups in total. The van der Waals surface area contributed by atoms with E-state index in [9.17, 15) is 19.5 Å². The number of anilines is 1. The number of carboxylic acids is 1. The van der Waals surface area contributed by atoms with Crippen LogP contribution in [-0.2, 0) is 42.7 Å². The summed E-state index contributed by atoms with van der Waals surface area (Å²) in [5.41, 5.74) is 7.33. The van der Waals surface area contributed by atoms with Gasteiger partial charge in [-0.25, -0.2) is 4.57 Å². The molecule has 3 aromatic rings. The van der Waals surface area contributed by atoms with E-state index in [0.29, 0.717) is 17.0 Å². The largest absolute Gasteiger partial charge is 0.543 e. The molecular weight excluding hydrogens is 685 g/mol. The van der Waals surface area contributed by atoms with Crippen LogP contribution in [0.1, 0.15) is 19.2 Å². The molecule has 0 unspecified atom stereocenters. The summed E-state index contributed by atoms with van der Waals surface area (Å²) in [7, 11) is -2.76. The summed E-state index contributed by atoms with van der Waals surface area (Å²) in [6, 6.07) is 2.85. The molecular formula is C24H32N10O10S3. The summed E-state index contributed by atoms with van der Waals surface area (Å²) in [6.07, 6.45) is 4.52. The number of fused-ring (bicyclic) bond motifs is 2. The molecule has 5 heterocycles. The first kappa shape index (κ1) is 37.2. The van der Waals surface area contributed by atoms with Gasteiger partial charge in [0.25, 0.3) is 11.8 Å². The molecule has 1 saturated heterocycles. The average Bonchev–Trinajstić information content (AvgIpc) is 3.61. The number of hydrogen-bond donors (Lipinski definition) is 5. The van der Waals surface area contributed by atoms with E-state index in [1.807, 2.05) is 34.5 Å². The molecule has 0 aliphatic carbocycles. The van der Waals surface area contributed by atoms with Crippen LogP contribution < -0.4 is 26.0 Å². The van der Waals surface area contributed by atoms with Crippen molar-refractivity contribution in [3.63, 3.8) is 0 Å². The minimum absolute atomic E-state index is 0. The highest BCUT2D eigenvalue weighted by molar-refractivity contribution is 8.00. The second-order valence-corrected chi connectivity index (χ2v) is 12.4. The summed E-state index contributed by atoms with van der Waals surface area (Å²) < 4.78 is 39.5. The van der Waals surface area contributed by atoms with Crippen LogP contribution in [0.3, 0.4) is 0 Å². The Kier molecular flexibility index (Phi) is 12.7. The van der Waals surface area contributed by atoms with Crippen molar-refractivity contribution in [2.75, 3.05) is 31.7 Å². The van der Waals surface area contributed by atoms with Crippen molar-refractivity contribution in [3.05, 3.63) is 41.8 Å². The van der Waals surface area contributed by atoms with Crippen molar-refractivity contribution in [2.45, 2.75) is 37.8 Å². The lowest BCUT2D eigenvalue weighted by molar-refractivity contribution is -0.664. The zero-order valence-corrected chi connectivity index (χ0v) is 27.3. The number of nitrogens with zero attached hydrogens (tertiary/aromatic N) is 7. The zero-order valence-electron chi connectivity index (χ0n) is 24.9. The number of nitrogens with two attached hydrogens (primary N) is 1.